The van der Waals surface area contributed by atoms with Gasteiger partial charge in [-0.25, -0.2) is 8.42 Å². The fraction of sp³-hybridized carbons (Fsp3) is 0.533. The second kappa shape index (κ2) is 8.14. The Bertz CT molecular complexity index is 541. The molecular weight excluding hydrogens is 288 g/mol. The van der Waals surface area contributed by atoms with Crippen LogP contribution in [0.15, 0.2) is 30.3 Å². The molecule has 1 aromatic rings. The number of hydrogen-bond acceptors (Lipinski definition) is 3. The van der Waals surface area contributed by atoms with Crippen LogP contribution in [-0.4, -0.2) is 38.0 Å². The Morgan fingerprint density at radius 3 is 2.38 bits per heavy atom. The fourth-order valence-electron chi connectivity index (χ4n) is 1.78. The maximum absolute atomic E-state index is 11.9. The Morgan fingerprint density at radius 2 is 1.86 bits per heavy atom. The van der Waals surface area contributed by atoms with Gasteiger partial charge < -0.3 is 5.32 Å². The molecule has 0 aliphatic rings. The molecule has 0 aliphatic carbocycles. The van der Waals surface area contributed by atoms with E-state index in [1.807, 2.05) is 44.2 Å². The van der Waals surface area contributed by atoms with Gasteiger partial charge in [0.2, 0.25) is 15.9 Å². The summed E-state index contributed by atoms with van der Waals surface area (Å²) in [6.07, 6.45) is 1.87. The van der Waals surface area contributed by atoms with Gasteiger partial charge >= 0.3 is 0 Å². The summed E-state index contributed by atoms with van der Waals surface area (Å²) in [5.41, 5.74) is 0.985. The highest BCUT2D eigenvalue weighted by Crippen LogP contribution is 2.06. The van der Waals surface area contributed by atoms with Crippen LogP contribution in [-0.2, 0) is 21.4 Å². The second-order valence-corrected chi connectivity index (χ2v) is 7.52. The van der Waals surface area contributed by atoms with Crippen molar-refractivity contribution in [1.82, 2.24) is 9.62 Å². The first kappa shape index (κ1) is 17.7. The largest absolute Gasteiger partial charge is 0.351 e. The van der Waals surface area contributed by atoms with Crippen LogP contribution < -0.4 is 5.32 Å². The summed E-state index contributed by atoms with van der Waals surface area (Å²) in [7, 11) is -3.37. The van der Waals surface area contributed by atoms with Crippen LogP contribution in [0.2, 0.25) is 0 Å². The van der Waals surface area contributed by atoms with Gasteiger partial charge in [-0.3, -0.25) is 4.79 Å². The van der Waals surface area contributed by atoms with Crippen LogP contribution >= 0.6 is 0 Å². The van der Waals surface area contributed by atoms with Gasteiger partial charge in [-0.2, -0.15) is 4.31 Å². The topological polar surface area (TPSA) is 66.5 Å². The molecule has 0 bridgehead atoms. The number of hydrogen-bond donors (Lipinski definition) is 1. The number of rotatable bonds is 8. The van der Waals surface area contributed by atoms with Crippen LogP contribution in [0, 0.1) is 5.92 Å². The minimum atomic E-state index is -3.37. The molecule has 0 saturated carbocycles. The highest BCUT2D eigenvalue weighted by molar-refractivity contribution is 7.88. The average molecular weight is 312 g/mol. The molecule has 1 N–H and O–H groups in total. The Morgan fingerprint density at radius 1 is 1.24 bits per heavy atom. The molecule has 118 valence electrons. The molecule has 0 fully saturated rings. The molecule has 0 atom stereocenters. The minimum Gasteiger partial charge on any atom is -0.351 e. The molecular formula is C15H24N2O3S. The van der Waals surface area contributed by atoms with E-state index in [-0.39, 0.29) is 12.5 Å². The van der Waals surface area contributed by atoms with Gasteiger partial charge in [-0.1, -0.05) is 44.2 Å². The molecule has 21 heavy (non-hydrogen) atoms. The number of benzene rings is 1. The first-order valence-electron chi connectivity index (χ1n) is 7.05. The highest BCUT2D eigenvalue weighted by atomic mass is 32.2. The van der Waals surface area contributed by atoms with Gasteiger partial charge in [0.1, 0.15) is 0 Å². The van der Waals surface area contributed by atoms with Crippen molar-refractivity contribution in [3.8, 4) is 0 Å². The molecule has 0 radical (unpaired) electrons. The van der Waals surface area contributed by atoms with Crippen LogP contribution in [0.3, 0.4) is 0 Å². The lowest BCUT2D eigenvalue weighted by molar-refractivity contribution is -0.121. The fourth-order valence-corrected chi connectivity index (χ4v) is 2.57. The van der Waals surface area contributed by atoms with E-state index in [4.69, 9.17) is 0 Å². The van der Waals surface area contributed by atoms with Crippen molar-refractivity contribution >= 4 is 15.9 Å². The zero-order valence-electron chi connectivity index (χ0n) is 12.9. The van der Waals surface area contributed by atoms with Crippen LogP contribution in [0.5, 0.6) is 0 Å². The third-order valence-electron chi connectivity index (χ3n) is 3.08. The van der Waals surface area contributed by atoms with Crippen LogP contribution in [0.4, 0.5) is 0 Å². The second-order valence-electron chi connectivity index (χ2n) is 5.54. The molecule has 6 heteroatoms. The van der Waals surface area contributed by atoms with E-state index in [9.17, 15) is 13.2 Å². The smallest absolute Gasteiger partial charge is 0.235 e. The summed E-state index contributed by atoms with van der Waals surface area (Å²) >= 11 is 0. The molecule has 1 rings (SSSR count). The van der Waals surface area contributed by atoms with E-state index in [1.54, 1.807) is 0 Å². The van der Waals surface area contributed by atoms with E-state index in [2.05, 4.69) is 5.32 Å². The Balaban J connectivity index is 2.52. The standard InChI is InChI=1S/C15H24N2O3S/c1-13(2)9-10-17(21(3,19)20)12-15(18)16-11-14-7-5-4-6-8-14/h4-8,13H,9-12H2,1-3H3,(H,16,18). The summed E-state index contributed by atoms with van der Waals surface area (Å²) in [6.45, 7) is 4.70. The van der Waals surface area contributed by atoms with Gasteiger partial charge in [0, 0.05) is 13.1 Å². The molecule has 0 aliphatic heterocycles. The summed E-state index contributed by atoms with van der Waals surface area (Å²) in [5, 5.41) is 2.74. The zero-order valence-corrected chi connectivity index (χ0v) is 13.7. The lowest BCUT2D eigenvalue weighted by Gasteiger charge is -2.20. The van der Waals surface area contributed by atoms with E-state index in [1.165, 1.54) is 4.31 Å². The van der Waals surface area contributed by atoms with Crippen LogP contribution in [0.1, 0.15) is 25.8 Å². The maximum atomic E-state index is 11.9. The van der Waals surface area contributed by atoms with E-state index >= 15 is 0 Å². The number of sulfonamides is 1. The summed E-state index contributed by atoms with van der Waals surface area (Å²) in [5.74, 6) is 0.106. The monoisotopic (exact) mass is 312 g/mol. The lowest BCUT2D eigenvalue weighted by Crippen LogP contribution is -2.40. The molecule has 0 aromatic heterocycles. The molecule has 0 saturated heterocycles. The Hall–Kier alpha value is -1.40. The van der Waals surface area contributed by atoms with Crippen molar-refractivity contribution in [2.24, 2.45) is 5.92 Å². The molecule has 1 amide bonds. The van der Waals surface area contributed by atoms with E-state index < -0.39 is 10.0 Å². The normalized spacial score (nSPS) is 11.9. The number of nitrogens with zero attached hydrogens (tertiary/aromatic N) is 1. The van der Waals surface area contributed by atoms with Crippen LogP contribution in [0.25, 0.3) is 0 Å². The predicted octanol–water partition coefficient (Wildman–Crippen LogP) is 1.61. The van der Waals surface area contributed by atoms with Crippen molar-refractivity contribution in [2.45, 2.75) is 26.8 Å². The van der Waals surface area contributed by atoms with Gasteiger partial charge in [-0.15, -0.1) is 0 Å². The molecule has 0 spiro atoms. The van der Waals surface area contributed by atoms with E-state index in [0.29, 0.717) is 19.0 Å². The van der Waals surface area contributed by atoms with Gasteiger partial charge in [0.05, 0.1) is 12.8 Å². The molecule has 0 heterocycles. The summed E-state index contributed by atoms with van der Waals surface area (Å²) in [6, 6.07) is 9.52. The van der Waals surface area contributed by atoms with Crippen molar-refractivity contribution in [3.05, 3.63) is 35.9 Å². The molecule has 1 aromatic carbocycles. The van der Waals surface area contributed by atoms with E-state index in [0.717, 1.165) is 18.2 Å². The third kappa shape index (κ3) is 7.24. The Kier molecular flexibility index (Phi) is 6.84. The maximum Gasteiger partial charge on any atom is 0.235 e. The highest BCUT2D eigenvalue weighted by Gasteiger charge is 2.19. The number of amides is 1. The third-order valence-corrected chi connectivity index (χ3v) is 4.33. The number of carbonyl (C=O) groups is 1. The number of carbonyl (C=O) groups excluding carboxylic acids is 1. The molecule has 0 unspecified atom stereocenters. The van der Waals surface area contributed by atoms with Crippen molar-refractivity contribution in [2.75, 3.05) is 19.3 Å². The average Bonchev–Trinajstić information content (AvgIpc) is 2.41. The summed E-state index contributed by atoms with van der Waals surface area (Å²) < 4.78 is 24.6. The van der Waals surface area contributed by atoms with Crippen molar-refractivity contribution in [1.29, 1.82) is 0 Å². The van der Waals surface area contributed by atoms with Gasteiger partial charge in [-0.05, 0) is 17.9 Å². The lowest BCUT2D eigenvalue weighted by atomic mass is 10.1. The van der Waals surface area contributed by atoms with Gasteiger partial charge in [0.15, 0.2) is 0 Å². The zero-order chi connectivity index (χ0) is 15.9. The quantitative estimate of drug-likeness (QED) is 0.793. The van der Waals surface area contributed by atoms with Crippen molar-refractivity contribution < 1.29 is 13.2 Å². The predicted molar refractivity (Wildman–Crippen MR) is 84.2 cm³/mol. The van der Waals surface area contributed by atoms with Gasteiger partial charge in [0.25, 0.3) is 0 Å². The first-order chi connectivity index (χ1) is 9.79. The number of nitrogens with one attached hydrogen (secondary N) is 1. The summed E-state index contributed by atoms with van der Waals surface area (Å²) in [4.78, 5) is 11.9. The Labute approximate surface area is 127 Å². The van der Waals surface area contributed by atoms with Crippen molar-refractivity contribution in [3.63, 3.8) is 0 Å². The first-order valence-corrected chi connectivity index (χ1v) is 8.89. The molecule has 5 nitrogen and oxygen atoms in total. The minimum absolute atomic E-state index is 0.127. The SMILES string of the molecule is CC(C)CCN(CC(=O)NCc1ccccc1)S(C)(=O)=O.